The van der Waals surface area contributed by atoms with Crippen LogP contribution in [-0.4, -0.2) is 46.7 Å². The molecule has 2 N–H and O–H groups in total. The number of thiophene rings is 1. The molecule has 1 atom stereocenters. The molecular weight excluding hydrogens is 324 g/mol. The summed E-state index contributed by atoms with van der Waals surface area (Å²) >= 11 is 1.65. The van der Waals surface area contributed by atoms with Crippen LogP contribution in [0.2, 0.25) is 0 Å². The Kier molecular flexibility index (Phi) is 3.73. The molecule has 0 radical (unpaired) electrons. The van der Waals surface area contributed by atoms with Gasteiger partial charge in [-0.3, -0.25) is 4.79 Å². The maximum atomic E-state index is 12.4. The van der Waals surface area contributed by atoms with Crippen LogP contribution in [0, 0.1) is 19.3 Å². The van der Waals surface area contributed by atoms with Crippen LogP contribution in [0.25, 0.3) is 10.2 Å². The second kappa shape index (κ2) is 5.67. The highest BCUT2D eigenvalue weighted by atomic mass is 32.1. The molecule has 0 saturated carbocycles. The van der Waals surface area contributed by atoms with Gasteiger partial charge in [0.1, 0.15) is 16.5 Å². The number of β-amino-alcohol motifs (C(OH)–C–C–N with tert-alkyl or cyclic N) is 1. The molecule has 2 aliphatic heterocycles. The molecule has 0 aromatic carbocycles. The number of anilines is 1. The number of aryl methyl sites for hydroxylation is 2. The van der Waals surface area contributed by atoms with Gasteiger partial charge >= 0.3 is 0 Å². The molecule has 2 aliphatic rings. The average molecular weight is 346 g/mol. The number of fused-ring (bicyclic) bond motifs is 1. The Hall–Kier alpha value is -1.73. The van der Waals surface area contributed by atoms with Gasteiger partial charge in [0.2, 0.25) is 5.91 Å². The van der Waals surface area contributed by atoms with Crippen molar-refractivity contribution >= 4 is 33.3 Å². The van der Waals surface area contributed by atoms with E-state index in [9.17, 15) is 9.90 Å². The van der Waals surface area contributed by atoms with Crippen LogP contribution in [0.1, 0.15) is 30.7 Å². The van der Waals surface area contributed by atoms with Crippen molar-refractivity contribution < 1.29 is 9.90 Å². The Balaban J connectivity index is 1.63. The van der Waals surface area contributed by atoms with Crippen LogP contribution in [0.3, 0.4) is 0 Å². The lowest BCUT2D eigenvalue weighted by atomic mass is 9.71. The predicted molar refractivity (Wildman–Crippen MR) is 94.4 cm³/mol. The molecule has 2 saturated heterocycles. The minimum absolute atomic E-state index is 0.100. The smallest absolute Gasteiger partial charge is 0.226 e. The van der Waals surface area contributed by atoms with Gasteiger partial charge in [-0.05, 0) is 44.1 Å². The van der Waals surface area contributed by atoms with Crippen molar-refractivity contribution in [3.05, 3.63) is 16.8 Å². The van der Waals surface area contributed by atoms with E-state index in [0.29, 0.717) is 13.0 Å². The SMILES string of the molecule is Cc1nc(N2CCC3(CC2)CC(O)CNC3=O)c2c(C)csc2n1. The zero-order chi connectivity index (χ0) is 16.9. The minimum atomic E-state index is -0.429. The Bertz CT molecular complexity index is 795. The average Bonchev–Trinajstić information content (AvgIpc) is 2.92. The Morgan fingerprint density at radius 3 is 2.83 bits per heavy atom. The van der Waals surface area contributed by atoms with Gasteiger partial charge in [0, 0.05) is 19.6 Å². The molecule has 0 aliphatic carbocycles. The number of aliphatic hydroxyl groups excluding tert-OH is 1. The maximum Gasteiger partial charge on any atom is 0.226 e. The number of hydrogen-bond donors (Lipinski definition) is 2. The summed E-state index contributed by atoms with van der Waals surface area (Å²) in [6.45, 7) is 5.96. The number of rotatable bonds is 1. The molecule has 4 heterocycles. The summed E-state index contributed by atoms with van der Waals surface area (Å²) < 4.78 is 0. The fourth-order valence-corrected chi connectivity index (χ4v) is 4.95. The standard InChI is InChI=1S/C17H22N4O2S/c1-10-9-24-15-13(10)14(19-11(2)20-15)21-5-3-17(4-6-21)7-12(22)8-18-16(17)23/h9,12,22H,3-8H2,1-2H3,(H,18,23). The van der Waals surface area contributed by atoms with Crippen molar-refractivity contribution in [1.29, 1.82) is 0 Å². The van der Waals surface area contributed by atoms with Gasteiger partial charge in [-0.1, -0.05) is 0 Å². The first-order chi connectivity index (χ1) is 11.5. The van der Waals surface area contributed by atoms with Crippen molar-refractivity contribution in [1.82, 2.24) is 15.3 Å². The van der Waals surface area contributed by atoms with Gasteiger partial charge in [-0.15, -0.1) is 11.3 Å². The van der Waals surface area contributed by atoms with Gasteiger partial charge in [0.15, 0.2) is 0 Å². The molecular formula is C17H22N4O2S. The maximum absolute atomic E-state index is 12.4. The highest BCUT2D eigenvalue weighted by molar-refractivity contribution is 7.17. The summed E-state index contributed by atoms with van der Waals surface area (Å²) in [6.07, 6.45) is 1.65. The lowest BCUT2D eigenvalue weighted by Crippen LogP contribution is -2.56. The zero-order valence-electron chi connectivity index (χ0n) is 14.0. The molecule has 4 rings (SSSR count). The third kappa shape index (κ3) is 2.46. The van der Waals surface area contributed by atoms with Crippen LogP contribution in [-0.2, 0) is 4.79 Å². The van der Waals surface area contributed by atoms with Gasteiger partial charge < -0.3 is 15.3 Å². The third-order valence-electron chi connectivity index (χ3n) is 5.34. The van der Waals surface area contributed by atoms with Gasteiger partial charge in [0.25, 0.3) is 0 Å². The molecule has 24 heavy (non-hydrogen) atoms. The third-order valence-corrected chi connectivity index (χ3v) is 6.33. The largest absolute Gasteiger partial charge is 0.391 e. The van der Waals surface area contributed by atoms with Gasteiger partial charge in [-0.25, -0.2) is 9.97 Å². The number of piperidine rings is 2. The number of carbonyl (C=O) groups is 1. The second-order valence-corrected chi connectivity index (χ2v) is 7.89. The fraction of sp³-hybridized carbons (Fsp3) is 0.588. The Morgan fingerprint density at radius 1 is 1.33 bits per heavy atom. The summed E-state index contributed by atoms with van der Waals surface area (Å²) in [5.41, 5.74) is 0.787. The molecule has 6 nitrogen and oxygen atoms in total. The number of nitrogens with one attached hydrogen (secondary N) is 1. The van der Waals surface area contributed by atoms with Crippen molar-refractivity contribution in [2.45, 2.75) is 39.2 Å². The van der Waals surface area contributed by atoms with Gasteiger partial charge in [-0.2, -0.15) is 0 Å². The van der Waals surface area contributed by atoms with E-state index in [4.69, 9.17) is 4.98 Å². The lowest BCUT2D eigenvalue weighted by molar-refractivity contribution is -0.138. The minimum Gasteiger partial charge on any atom is -0.391 e. The number of hydrogen-bond acceptors (Lipinski definition) is 6. The molecule has 0 bridgehead atoms. The van der Waals surface area contributed by atoms with E-state index in [1.807, 2.05) is 6.92 Å². The van der Waals surface area contributed by atoms with E-state index in [-0.39, 0.29) is 5.91 Å². The molecule has 1 spiro atoms. The number of aliphatic hydroxyl groups is 1. The highest BCUT2D eigenvalue weighted by Crippen LogP contribution is 2.41. The van der Waals surface area contributed by atoms with Crippen LogP contribution < -0.4 is 10.2 Å². The summed E-state index contributed by atoms with van der Waals surface area (Å²) in [6, 6.07) is 0. The first-order valence-electron chi connectivity index (χ1n) is 8.42. The predicted octanol–water partition coefficient (Wildman–Crippen LogP) is 1.78. The van der Waals surface area contributed by atoms with E-state index < -0.39 is 11.5 Å². The van der Waals surface area contributed by atoms with Crippen LogP contribution in [0.4, 0.5) is 5.82 Å². The van der Waals surface area contributed by atoms with Gasteiger partial charge in [0.05, 0.1) is 16.9 Å². The zero-order valence-corrected chi connectivity index (χ0v) is 14.8. The van der Waals surface area contributed by atoms with Crippen LogP contribution in [0.5, 0.6) is 0 Å². The van der Waals surface area contributed by atoms with E-state index in [1.165, 1.54) is 5.56 Å². The molecule has 1 amide bonds. The van der Waals surface area contributed by atoms with Crippen LogP contribution in [0.15, 0.2) is 5.38 Å². The first kappa shape index (κ1) is 15.8. The Morgan fingerprint density at radius 2 is 2.08 bits per heavy atom. The van der Waals surface area contributed by atoms with Crippen molar-refractivity contribution in [2.75, 3.05) is 24.5 Å². The normalized spacial score (nSPS) is 23.7. The lowest BCUT2D eigenvalue weighted by Gasteiger charge is -2.44. The van der Waals surface area contributed by atoms with Crippen LogP contribution >= 0.6 is 11.3 Å². The number of aromatic nitrogens is 2. The van der Waals surface area contributed by atoms with E-state index in [2.05, 4.69) is 27.5 Å². The fourth-order valence-electron chi connectivity index (χ4n) is 3.99. The summed E-state index contributed by atoms with van der Waals surface area (Å²) in [7, 11) is 0. The van der Waals surface area contributed by atoms with E-state index in [1.54, 1.807) is 11.3 Å². The summed E-state index contributed by atoms with van der Waals surface area (Å²) in [5.74, 6) is 1.87. The molecule has 128 valence electrons. The van der Waals surface area contributed by atoms with Crippen molar-refractivity contribution in [2.24, 2.45) is 5.41 Å². The molecule has 7 heteroatoms. The summed E-state index contributed by atoms with van der Waals surface area (Å²) in [4.78, 5) is 24.9. The Labute approximate surface area is 144 Å². The quantitative estimate of drug-likeness (QED) is 0.823. The van der Waals surface area contributed by atoms with E-state index in [0.717, 1.165) is 47.8 Å². The van der Waals surface area contributed by atoms with E-state index >= 15 is 0 Å². The highest BCUT2D eigenvalue weighted by Gasteiger charge is 2.45. The summed E-state index contributed by atoms with van der Waals surface area (Å²) in [5, 5.41) is 16.1. The monoisotopic (exact) mass is 346 g/mol. The topological polar surface area (TPSA) is 78.4 Å². The molecule has 2 fully saturated rings. The number of carbonyl (C=O) groups excluding carboxylic acids is 1. The van der Waals surface area contributed by atoms with Crippen molar-refractivity contribution in [3.63, 3.8) is 0 Å². The first-order valence-corrected chi connectivity index (χ1v) is 9.30. The number of amides is 1. The molecule has 1 unspecified atom stereocenters. The molecule has 2 aromatic rings. The van der Waals surface area contributed by atoms with Crippen molar-refractivity contribution in [3.8, 4) is 0 Å². The second-order valence-electron chi connectivity index (χ2n) is 7.03. The molecule has 2 aromatic heterocycles. The number of nitrogens with zero attached hydrogens (tertiary/aromatic N) is 3.